The SMILES string of the molecule is CCOC(=O)C1=C(CC)N=C(C)C(C(=O)OCC)C1c1cc([N+](=O)[O-])ccc1OCCCCN1C(=O)c2ccccc2C1=O. The predicted molar refractivity (Wildman–Crippen MR) is 160 cm³/mol. The van der Waals surface area contributed by atoms with Crippen molar-refractivity contribution >= 4 is 35.2 Å². The van der Waals surface area contributed by atoms with Gasteiger partial charge in [-0.2, -0.15) is 0 Å². The van der Waals surface area contributed by atoms with Gasteiger partial charge < -0.3 is 14.2 Å². The van der Waals surface area contributed by atoms with E-state index in [2.05, 4.69) is 4.99 Å². The molecule has 12 nitrogen and oxygen atoms in total. The minimum absolute atomic E-state index is 0.0736. The molecule has 0 radical (unpaired) electrons. The van der Waals surface area contributed by atoms with Gasteiger partial charge in [0.2, 0.25) is 0 Å². The van der Waals surface area contributed by atoms with Gasteiger partial charge >= 0.3 is 11.9 Å². The summed E-state index contributed by atoms with van der Waals surface area (Å²) in [4.78, 5) is 69.0. The van der Waals surface area contributed by atoms with Crippen LogP contribution < -0.4 is 4.74 Å². The number of esters is 2. The number of aliphatic imine (C=N–C) groups is 1. The first kappa shape index (κ1) is 32.1. The van der Waals surface area contributed by atoms with E-state index in [0.717, 1.165) is 0 Å². The molecule has 0 bridgehead atoms. The molecule has 0 aromatic heterocycles. The normalized spacial score (nSPS) is 17.7. The highest BCUT2D eigenvalue weighted by atomic mass is 16.6. The van der Waals surface area contributed by atoms with E-state index in [1.807, 2.05) is 6.92 Å². The maximum Gasteiger partial charge on any atom is 0.336 e. The molecule has 2 aliphatic heterocycles. The molecular formula is C32H35N3O9. The van der Waals surface area contributed by atoms with Gasteiger partial charge in [-0.3, -0.25) is 34.4 Å². The fraction of sp³-hybridized carbons (Fsp3) is 0.406. The Morgan fingerprint density at radius 2 is 1.64 bits per heavy atom. The predicted octanol–water partition coefficient (Wildman–Crippen LogP) is 5.01. The van der Waals surface area contributed by atoms with Gasteiger partial charge in [0, 0.05) is 35.9 Å². The molecule has 0 saturated heterocycles. The number of rotatable bonds is 13. The van der Waals surface area contributed by atoms with Crippen LogP contribution in [0, 0.1) is 16.0 Å². The van der Waals surface area contributed by atoms with Crippen LogP contribution in [0.3, 0.4) is 0 Å². The fourth-order valence-corrected chi connectivity index (χ4v) is 5.55. The van der Waals surface area contributed by atoms with Crippen molar-refractivity contribution in [1.82, 2.24) is 4.90 Å². The number of hydrogen-bond acceptors (Lipinski definition) is 10. The quantitative estimate of drug-likeness (QED) is 0.101. The Hall–Kier alpha value is -4.87. The summed E-state index contributed by atoms with van der Waals surface area (Å²) in [5, 5.41) is 11.8. The van der Waals surface area contributed by atoms with Gasteiger partial charge in [0.15, 0.2) is 0 Å². The van der Waals surface area contributed by atoms with Crippen LogP contribution >= 0.6 is 0 Å². The van der Waals surface area contributed by atoms with E-state index in [0.29, 0.717) is 41.8 Å². The van der Waals surface area contributed by atoms with E-state index in [1.54, 1.807) is 45.0 Å². The van der Waals surface area contributed by atoms with Crippen molar-refractivity contribution in [2.24, 2.45) is 10.9 Å². The van der Waals surface area contributed by atoms with E-state index < -0.39 is 28.7 Å². The van der Waals surface area contributed by atoms with Crippen molar-refractivity contribution in [3.8, 4) is 5.75 Å². The van der Waals surface area contributed by atoms with Crippen LogP contribution in [-0.4, -0.2) is 65.7 Å². The van der Waals surface area contributed by atoms with Crippen LogP contribution in [0.15, 0.2) is 58.7 Å². The van der Waals surface area contributed by atoms with Gasteiger partial charge in [0.1, 0.15) is 11.7 Å². The number of nitro benzene ring substituents is 1. The number of imide groups is 1. The van der Waals surface area contributed by atoms with E-state index >= 15 is 0 Å². The third-order valence-electron chi connectivity index (χ3n) is 7.54. The van der Waals surface area contributed by atoms with Gasteiger partial charge in [-0.25, -0.2) is 4.79 Å². The molecule has 0 fully saturated rings. The zero-order chi connectivity index (χ0) is 32.0. The second kappa shape index (κ2) is 14.1. The number of nitrogens with zero attached hydrogens (tertiary/aromatic N) is 3. The third-order valence-corrected chi connectivity index (χ3v) is 7.54. The van der Waals surface area contributed by atoms with Gasteiger partial charge in [-0.05, 0) is 58.2 Å². The van der Waals surface area contributed by atoms with Crippen LogP contribution in [0.2, 0.25) is 0 Å². The van der Waals surface area contributed by atoms with Crippen LogP contribution in [0.25, 0.3) is 0 Å². The fourth-order valence-electron chi connectivity index (χ4n) is 5.55. The van der Waals surface area contributed by atoms with Crippen molar-refractivity contribution in [1.29, 1.82) is 0 Å². The largest absolute Gasteiger partial charge is 0.493 e. The minimum Gasteiger partial charge on any atom is -0.493 e. The van der Waals surface area contributed by atoms with Crippen molar-refractivity contribution in [2.45, 2.75) is 52.9 Å². The number of nitro groups is 1. The van der Waals surface area contributed by atoms with Crippen LogP contribution in [0.4, 0.5) is 5.69 Å². The Balaban J connectivity index is 1.62. The highest BCUT2D eigenvalue weighted by Crippen LogP contribution is 2.45. The van der Waals surface area contributed by atoms with Gasteiger partial charge in [-0.15, -0.1) is 0 Å². The van der Waals surface area contributed by atoms with Crippen LogP contribution in [0.5, 0.6) is 5.75 Å². The standard InChI is InChI=1S/C32H35N3O9/c1-5-24-28(32(39)43-7-3)27(26(19(4)33-24)31(38)42-6-2)23-18-20(35(40)41)14-15-25(23)44-17-11-10-16-34-29(36)21-12-8-9-13-22(21)30(34)37/h8-9,12-15,18,26-27H,5-7,10-11,16-17H2,1-4H3. The second-order valence-electron chi connectivity index (χ2n) is 10.2. The average molecular weight is 606 g/mol. The van der Waals surface area contributed by atoms with Crippen molar-refractivity contribution < 1.29 is 38.3 Å². The monoisotopic (exact) mass is 605 g/mol. The molecule has 0 aliphatic carbocycles. The average Bonchev–Trinajstić information content (AvgIpc) is 3.25. The molecule has 2 aromatic carbocycles. The highest BCUT2D eigenvalue weighted by molar-refractivity contribution is 6.21. The van der Waals surface area contributed by atoms with Crippen molar-refractivity contribution in [3.63, 3.8) is 0 Å². The third kappa shape index (κ3) is 6.38. The lowest BCUT2D eigenvalue weighted by molar-refractivity contribution is -0.385. The van der Waals surface area contributed by atoms with Crippen molar-refractivity contribution in [2.75, 3.05) is 26.4 Å². The molecule has 0 N–H and O–H groups in total. The number of non-ortho nitro benzene ring substituents is 1. The molecule has 2 aromatic rings. The topological polar surface area (TPSA) is 155 Å². The molecular weight excluding hydrogens is 570 g/mol. The molecule has 232 valence electrons. The summed E-state index contributed by atoms with van der Waals surface area (Å²) in [5.74, 6) is -3.83. The Kier molecular flexibility index (Phi) is 10.2. The Labute approximate surface area is 254 Å². The number of hydrogen-bond donors (Lipinski definition) is 0. The Bertz CT molecular complexity index is 1510. The zero-order valence-electron chi connectivity index (χ0n) is 25.2. The second-order valence-corrected chi connectivity index (χ2v) is 10.2. The molecule has 2 heterocycles. The number of fused-ring (bicyclic) bond motifs is 1. The van der Waals surface area contributed by atoms with E-state index in [-0.39, 0.29) is 60.8 Å². The summed E-state index contributed by atoms with van der Waals surface area (Å²) in [7, 11) is 0. The minimum atomic E-state index is -1.05. The maximum atomic E-state index is 13.3. The molecule has 2 atom stereocenters. The number of unbranched alkanes of at least 4 members (excludes halogenated alkanes) is 1. The molecule has 2 aliphatic rings. The number of benzene rings is 2. The van der Waals surface area contributed by atoms with E-state index in [4.69, 9.17) is 14.2 Å². The number of amides is 2. The summed E-state index contributed by atoms with van der Waals surface area (Å²) < 4.78 is 16.8. The maximum absolute atomic E-state index is 13.3. The lowest BCUT2D eigenvalue weighted by Crippen LogP contribution is -2.37. The number of carbonyl (C=O) groups excluding carboxylic acids is 4. The van der Waals surface area contributed by atoms with Crippen LogP contribution in [0.1, 0.15) is 79.2 Å². The zero-order valence-corrected chi connectivity index (χ0v) is 25.2. The first-order chi connectivity index (χ1) is 21.1. The van der Waals surface area contributed by atoms with Gasteiger partial charge in [0.25, 0.3) is 17.5 Å². The number of carbonyl (C=O) groups is 4. The summed E-state index contributed by atoms with van der Waals surface area (Å²) in [5.41, 5.74) is 1.69. The van der Waals surface area contributed by atoms with E-state index in [9.17, 15) is 29.3 Å². The first-order valence-corrected chi connectivity index (χ1v) is 14.6. The van der Waals surface area contributed by atoms with E-state index in [1.165, 1.54) is 23.1 Å². The van der Waals surface area contributed by atoms with Gasteiger partial charge in [0.05, 0.1) is 47.1 Å². The molecule has 2 unspecified atom stereocenters. The lowest BCUT2D eigenvalue weighted by atomic mass is 9.74. The Morgan fingerprint density at radius 3 is 2.23 bits per heavy atom. The molecule has 0 saturated carbocycles. The molecule has 4 rings (SSSR count). The lowest BCUT2D eigenvalue weighted by Gasteiger charge is -2.32. The summed E-state index contributed by atoms with van der Waals surface area (Å²) in [6.07, 6.45) is 1.24. The number of ether oxygens (including phenoxy) is 3. The molecule has 2 amide bonds. The first-order valence-electron chi connectivity index (χ1n) is 14.6. The molecule has 44 heavy (non-hydrogen) atoms. The summed E-state index contributed by atoms with van der Waals surface area (Å²) in [6.45, 7) is 7.27. The molecule has 12 heteroatoms. The smallest absolute Gasteiger partial charge is 0.336 e. The van der Waals surface area contributed by atoms with Crippen LogP contribution in [-0.2, 0) is 19.1 Å². The Morgan fingerprint density at radius 1 is 0.977 bits per heavy atom. The van der Waals surface area contributed by atoms with Gasteiger partial charge in [-0.1, -0.05) is 19.1 Å². The van der Waals surface area contributed by atoms with Crippen molar-refractivity contribution in [3.05, 3.63) is 80.5 Å². The number of allylic oxidation sites excluding steroid dienone is 1. The molecule has 0 spiro atoms. The summed E-state index contributed by atoms with van der Waals surface area (Å²) >= 11 is 0. The summed E-state index contributed by atoms with van der Waals surface area (Å²) in [6, 6.07) is 10.7. The highest BCUT2D eigenvalue weighted by Gasteiger charge is 2.44.